The normalized spacial score (nSPS) is 18.5. The number of Topliss-reactive ketones (excluding diaryl/α,β-unsaturated/α-hetero) is 2. The topological polar surface area (TPSA) is 318 Å². The van der Waals surface area contributed by atoms with Crippen LogP contribution in [-0.4, -0.2) is 91.0 Å². The number of carboxylic acids is 1. The number of aliphatic hydroxyl groups is 1. The van der Waals surface area contributed by atoms with Crippen molar-refractivity contribution in [3.05, 3.63) is 127 Å². The monoisotopic (exact) mass is 1500 g/mol. The molecule has 2 aliphatic carbocycles. The van der Waals surface area contributed by atoms with Gasteiger partial charge in [-0.3, -0.25) is 59.2 Å². The molecule has 100 heavy (non-hydrogen) atoms. The Labute approximate surface area is 605 Å². The number of fused-ring (bicyclic) bond motifs is 4. The summed E-state index contributed by atoms with van der Waals surface area (Å²) in [5.74, 6) is -0.387. The number of carbonyl (C=O) groups is 7. The van der Waals surface area contributed by atoms with Crippen LogP contribution in [0.1, 0.15) is 232 Å². The summed E-state index contributed by atoms with van der Waals surface area (Å²) in [5, 5.41) is 44.6. The van der Waals surface area contributed by atoms with E-state index in [1.165, 1.54) is 28.7 Å². The predicted octanol–water partition coefficient (Wildman–Crippen LogP) is 17.2. The third kappa shape index (κ3) is 22.7. The number of ketones is 2. The molecule has 2 saturated carbocycles. The van der Waals surface area contributed by atoms with E-state index in [4.69, 9.17) is 20.7 Å². The Bertz CT molecular complexity index is 3760. The number of aliphatic hydroxyl groups excluding tert-OH is 1. The molecule has 4 amide bonds. The van der Waals surface area contributed by atoms with Gasteiger partial charge in [0.25, 0.3) is 17.3 Å². The smallest absolute Gasteiger partial charge is 0.300 e. The fraction of sp³-hybridized carbons (Fsp3) is 0.558. The summed E-state index contributed by atoms with van der Waals surface area (Å²) in [5.41, 5.74) is 16.8. The minimum Gasteiger partial charge on any atom is -0.515 e. The number of hydrogen-bond donors (Lipinski definition) is 5. The summed E-state index contributed by atoms with van der Waals surface area (Å²) >= 11 is 2.39. The van der Waals surface area contributed by atoms with Crippen LogP contribution >= 0.6 is 22.6 Å². The van der Waals surface area contributed by atoms with Gasteiger partial charge in [-0.15, -0.1) is 0 Å². The van der Waals surface area contributed by atoms with Gasteiger partial charge in [-0.2, -0.15) is 5.10 Å². The minimum absolute atomic E-state index is 0.00271. The maximum atomic E-state index is 13.0. The lowest BCUT2D eigenvalue weighted by molar-refractivity contribution is -0.385. The number of halogens is 1. The van der Waals surface area contributed by atoms with Crippen molar-refractivity contribution in [3.8, 4) is 0 Å². The molecule has 6 aliphatic rings. The number of nitrogens with zero attached hydrogens (tertiary/aromatic N) is 6. The number of amides is 4. The lowest BCUT2D eigenvalue weighted by atomic mass is 9.86. The number of hydrogen-bond acceptors (Lipinski definition) is 15. The quantitative estimate of drug-likeness (QED) is 0.0168. The number of carboxylic acid groups (broad SMARTS) is 1. The van der Waals surface area contributed by atoms with Gasteiger partial charge in [0.2, 0.25) is 23.6 Å². The molecule has 0 bridgehead atoms. The molecular weight excluding hydrogens is 1390 g/mol. The van der Waals surface area contributed by atoms with Crippen molar-refractivity contribution in [1.29, 1.82) is 0 Å². The molecule has 23 heteroatoms. The first kappa shape index (κ1) is 84.3. The number of nitrogen functional groups attached to an aromatic ring is 1. The number of hydrazone groups is 1. The number of aliphatic carboxylic acids is 1. The molecule has 0 aromatic heterocycles. The zero-order chi connectivity index (χ0) is 76.2. The first-order valence-electron chi connectivity index (χ1n) is 34.2. The van der Waals surface area contributed by atoms with Crippen LogP contribution in [0.5, 0.6) is 0 Å². The lowest BCUT2D eigenvalue weighted by Crippen LogP contribution is -2.40. The maximum absolute atomic E-state index is 13.0. The molecule has 548 valence electrons. The van der Waals surface area contributed by atoms with E-state index in [9.17, 15) is 49.0 Å². The zero-order valence-electron chi connectivity index (χ0n) is 62.9. The van der Waals surface area contributed by atoms with Crippen LogP contribution in [-0.2, 0) is 55.2 Å². The molecule has 2 fully saturated rings. The van der Waals surface area contributed by atoms with E-state index < -0.39 is 37.5 Å². The third-order valence-corrected chi connectivity index (χ3v) is 19.6. The molecule has 22 nitrogen and oxygen atoms in total. The van der Waals surface area contributed by atoms with E-state index in [-0.39, 0.29) is 62.8 Å². The van der Waals surface area contributed by atoms with Crippen LogP contribution in [0.4, 0.5) is 45.5 Å². The van der Waals surface area contributed by atoms with Crippen LogP contribution in [0.15, 0.2) is 89.7 Å². The van der Waals surface area contributed by atoms with Crippen molar-refractivity contribution in [1.82, 2.24) is 0 Å². The summed E-state index contributed by atoms with van der Waals surface area (Å²) in [4.78, 5) is 108. The molecule has 0 unspecified atom stereocenters. The number of nitrogens with one attached hydrogen (secondary N) is 2. The average Bonchev–Trinajstić information content (AvgIpc) is 1.61. The van der Waals surface area contributed by atoms with Crippen molar-refractivity contribution in [2.45, 2.75) is 231 Å². The van der Waals surface area contributed by atoms with Gasteiger partial charge in [0.05, 0.1) is 43.5 Å². The summed E-state index contributed by atoms with van der Waals surface area (Å²) in [7, 11) is 0. The van der Waals surface area contributed by atoms with Gasteiger partial charge < -0.3 is 36.0 Å². The number of rotatable bonds is 7. The van der Waals surface area contributed by atoms with E-state index in [0.717, 1.165) is 111 Å². The Morgan fingerprint density at radius 3 is 1.35 bits per heavy atom. The molecule has 0 atom stereocenters. The van der Waals surface area contributed by atoms with E-state index in [1.807, 2.05) is 87.7 Å². The van der Waals surface area contributed by atoms with Crippen molar-refractivity contribution >= 4 is 115 Å². The predicted molar refractivity (Wildman–Crippen MR) is 409 cm³/mol. The molecule has 6 N–H and O–H groups in total. The highest BCUT2D eigenvalue weighted by atomic mass is 127. The maximum Gasteiger partial charge on any atom is 0.300 e. The van der Waals surface area contributed by atoms with E-state index in [2.05, 4.69) is 122 Å². The van der Waals surface area contributed by atoms with Crippen LogP contribution in [0.3, 0.4) is 0 Å². The number of nitro groups is 2. The number of anilines is 6. The molecule has 4 heterocycles. The molecule has 0 radical (unpaired) electrons. The van der Waals surface area contributed by atoms with E-state index >= 15 is 0 Å². The van der Waals surface area contributed by atoms with Crippen molar-refractivity contribution < 1.29 is 53.6 Å². The van der Waals surface area contributed by atoms with Crippen LogP contribution < -0.4 is 31.2 Å². The van der Waals surface area contributed by atoms with Crippen molar-refractivity contribution in [3.63, 3.8) is 0 Å². The van der Waals surface area contributed by atoms with E-state index in [1.54, 1.807) is 30.9 Å². The van der Waals surface area contributed by atoms with Crippen molar-refractivity contribution in [2.24, 2.45) is 26.8 Å². The second-order valence-electron chi connectivity index (χ2n) is 33.3. The number of nitro benzene ring substituents is 2. The first-order valence-corrected chi connectivity index (χ1v) is 35.7. The highest BCUT2D eigenvalue weighted by Gasteiger charge is 2.48. The fourth-order valence-electron chi connectivity index (χ4n) is 11.8. The molecule has 4 aromatic carbocycles. The van der Waals surface area contributed by atoms with Gasteiger partial charge in [-0.05, 0) is 186 Å². The standard InChI is InChI=1S/C22H31N3O2.C15H20N2O3.C15H22N2O.C10H10N2O3.C8H12O2.C5H11I.C2H4O2/c1-21(2,3)14-25-18-12-11-15(13-16(18)22(4,5)20(25)27)23-24-17-9-7-6-8-10-19(17)26;1-14(2,3)9-16-12-7-6-10(17(19)20)8-11(12)15(4,5)13(16)18;1-14(2,3)9-17-12-7-6-10(16)8-11(12)15(4,5)13(17)18;1-10(2)7-5-6(12(14)15)3-4-8(7)11-9(10)13;9-6-7-4-2-1-3-5-8(7)10;1-5(2,3)4-6;1-2(3)4/h11-13,23H,6-10,14H2,1-5H3;6-8H,9H2,1-5H3;6-8H,9,16H2,1-5H3;3-5H,1-2H3,(H,11,13);6,9H,1-5H2;4H2,1-3H3;1H3,(H,3,4)/b24-17+;;;;7-6-;;. The summed E-state index contributed by atoms with van der Waals surface area (Å²) in [6.07, 6.45) is 9.86. The van der Waals surface area contributed by atoms with Gasteiger partial charge in [-0.25, -0.2) is 0 Å². The highest BCUT2D eigenvalue weighted by molar-refractivity contribution is 14.1. The number of benzene rings is 4. The van der Waals surface area contributed by atoms with Crippen molar-refractivity contribution in [2.75, 3.05) is 55.2 Å². The Hall–Kier alpha value is -8.09. The first-order chi connectivity index (χ1) is 45.8. The Morgan fingerprint density at radius 1 is 0.560 bits per heavy atom. The van der Waals surface area contributed by atoms with Gasteiger partial charge in [0.15, 0.2) is 11.6 Å². The number of alkyl halides is 1. The van der Waals surface area contributed by atoms with Crippen LogP contribution in [0.25, 0.3) is 0 Å². The van der Waals surface area contributed by atoms with Gasteiger partial charge in [0.1, 0.15) is 5.71 Å². The second kappa shape index (κ2) is 33.6. The highest BCUT2D eigenvalue weighted by Crippen LogP contribution is 2.47. The third-order valence-electron chi connectivity index (χ3n) is 17.3. The number of non-ortho nitro benzene ring substituents is 2. The Kier molecular flexibility index (Phi) is 28.3. The van der Waals surface area contributed by atoms with Gasteiger partial charge in [0, 0.05) is 102 Å². The number of nitrogens with two attached hydrogens (primary N) is 1. The van der Waals surface area contributed by atoms with Gasteiger partial charge >= 0.3 is 0 Å². The largest absolute Gasteiger partial charge is 0.515 e. The summed E-state index contributed by atoms with van der Waals surface area (Å²) < 4.78 is 1.24. The summed E-state index contributed by atoms with van der Waals surface area (Å²) in [6, 6.07) is 20.8. The zero-order valence-corrected chi connectivity index (χ0v) is 65.1. The van der Waals surface area contributed by atoms with Crippen LogP contribution in [0, 0.1) is 41.9 Å². The molecule has 0 spiro atoms. The molecular formula is C77H110IN9O13. The lowest BCUT2D eigenvalue weighted by Gasteiger charge is -2.28. The van der Waals surface area contributed by atoms with E-state index in [0.29, 0.717) is 59.6 Å². The second-order valence-corrected chi connectivity index (χ2v) is 34.0. The average molecular weight is 1500 g/mol. The Balaban J connectivity index is 0.000000263. The fourth-order valence-corrected chi connectivity index (χ4v) is 11.8. The summed E-state index contributed by atoms with van der Waals surface area (Å²) in [6.45, 7) is 43.9. The van der Waals surface area contributed by atoms with Gasteiger partial charge in [-0.1, -0.05) is 119 Å². The van der Waals surface area contributed by atoms with Crippen LogP contribution in [0.2, 0.25) is 0 Å². The molecule has 0 saturated heterocycles. The SMILES string of the molecule is CC(=O)O.CC(C)(C)CI.CC(C)(C)CN1C(=O)C(C)(C)c2cc(N)ccc21.CC(C)(C)CN1C(=O)C(C)(C)c2cc(N/N=C3\CCCCCC3=O)ccc21.CC(C)(C)CN1C(=O)C(C)(C)c2cc([N+](=O)[O-])ccc21.CC1(C)C(=O)Nc2ccc([N+](=O)[O-])cc21.O=C1CCCCC/C1=C/O. The molecule has 10 rings (SSSR count). The minimum atomic E-state index is -0.833. The molecule has 4 aromatic rings. The number of carbonyl (C=O) groups excluding carboxylic acids is 6. The Morgan fingerprint density at radius 2 is 0.930 bits per heavy atom. The number of allylic oxidation sites excluding steroid dienone is 1. The molecule has 4 aliphatic heterocycles.